The van der Waals surface area contributed by atoms with Gasteiger partial charge in [0, 0.05) is 13.0 Å². The van der Waals surface area contributed by atoms with E-state index in [0.717, 1.165) is 6.42 Å². The monoisotopic (exact) mass is 258 g/mol. The van der Waals surface area contributed by atoms with Crippen LogP contribution in [0.5, 0.6) is 0 Å². The minimum absolute atomic E-state index is 0.177. The van der Waals surface area contributed by atoms with Crippen molar-refractivity contribution in [2.75, 3.05) is 14.2 Å². The fraction of sp³-hybridized carbons (Fsp3) is 0.846. The molecule has 0 heterocycles. The highest BCUT2D eigenvalue weighted by atomic mass is 16.7. The second-order valence-electron chi connectivity index (χ2n) is 5.05. The number of hydrogen-bond donors (Lipinski definition) is 1. The smallest absolute Gasteiger partial charge is 0.249 e. The summed E-state index contributed by atoms with van der Waals surface area (Å²) in [6, 6.07) is 0. The fourth-order valence-corrected chi connectivity index (χ4v) is 2.12. The molecule has 2 N–H and O–H groups in total. The highest BCUT2D eigenvalue weighted by molar-refractivity contribution is 5.86. The van der Waals surface area contributed by atoms with Gasteiger partial charge < -0.3 is 5.73 Å². The van der Waals surface area contributed by atoms with E-state index >= 15 is 0 Å². The predicted octanol–water partition coefficient (Wildman–Crippen LogP) is 1.57. The Kier molecular flexibility index (Phi) is 7.59. The summed E-state index contributed by atoms with van der Waals surface area (Å²) in [4.78, 5) is 28.7. The van der Waals surface area contributed by atoms with Gasteiger partial charge >= 0.3 is 0 Å². The first-order valence-corrected chi connectivity index (χ1v) is 6.46. The third-order valence-electron chi connectivity index (χ3n) is 3.08. The molecule has 0 aliphatic rings. The van der Waals surface area contributed by atoms with Gasteiger partial charge in [0.05, 0.1) is 13.0 Å². The highest BCUT2D eigenvalue weighted by Crippen LogP contribution is 2.26. The van der Waals surface area contributed by atoms with Gasteiger partial charge in [-0.2, -0.15) is 0 Å². The summed E-state index contributed by atoms with van der Waals surface area (Å²) in [5, 5.41) is 1.18. The number of nitrogens with zero attached hydrogens (tertiary/aromatic N) is 1. The lowest BCUT2D eigenvalue weighted by Crippen LogP contribution is -2.41. The van der Waals surface area contributed by atoms with E-state index in [1.54, 1.807) is 7.05 Å². The first-order valence-electron chi connectivity index (χ1n) is 6.46. The lowest BCUT2D eigenvalue weighted by Gasteiger charge is -2.27. The lowest BCUT2D eigenvalue weighted by molar-refractivity contribution is -0.176. The maximum absolute atomic E-state index is 12.2. The Hall–Kier alpha value is -1.10. The van der Waals surface area contributed by atoms with Crippen LogP contribution in [0.25, 0.3) is 0 Å². The Balaban J connectivity index is 5.01. The van der Waals surface area contributed by atoms with Crippen LogP contribution in [0.1, 0.15) is 40.0 Å². The Morgan fingerprint density at radius 3 is 2.17 bits per heavy atom. The van der Waals surface area contributed by atoms with Crippen molar-refractivity contribution in [2.24, 2.45) is 23.5 Å². The van der Waals surface area contributed by atoms with E-state index in [1.807, 2.05) is 20.8 Å². The molecule has 2 unspecified atom stereocenters. The average Bonchev–Trinajstić information content (AvgIpc) is 2.31. The molecule has 2 amide bonds. The van der Waals surface area contributed by atoms with Crippen LogP contribution in [0.3, 0.4) is 0 Å². The summed E-state index contributed by atoms with van der Waals surface area (Å²) < 4.78 is 0. The van der Waals surface area contributed by atoms with Crippen LogP contribution in [0, 0.1) is 17.8 Å². The molecule has 0 spiro atoms. The van der Waals surface area contributed by atoms with Crippen LogP contribution in [-0.4, -0.2) is 31.0 Å². The number of primary amides is 1. The Bertz CT molecular complexity index is 279. The third-order valence-corrected chi connectivity index (χ3v) is 3.08. The van der Waals surface area contributed by atoms with Gasteiger partial charge in [-0.25, -0.2) is 5.06 Å². The largest absolute Gasteiger partial charge is 0.369 e. The average molecular weight is 258 g/mol. The van der Waals surface area contributed by atoms with Crippen molar-refractivity contribution >= 4 is 11.8 Å². The second-order valence-corrected chi connectivity index (χ2v) is 5.05. The number of amides is 2. The van der Waals surface area contributed by atoms with Crippen molar-refractivity contribution in [1.82, 2.24) is 5.06 Å². The predicted molar refractivity (Wildman–Crippen MR) is 70.3 cm³/mol. The van der Waals surface area contributed by atoms with Crippen molar-refractivity contribution in [3.63, 3.8) is 0 Å². The molecule has 5 heteroatoms. The number of carbonyl (C=O) groups excluding carboxylic acids is 2. The molecule has 5 nitrogen and oxygen atoms in total. The van der Waals surface area contributed by atoms with Crippen LogP contribution in [-0.2, 0) is 14.4 Å². The number of hydroxylamine groups is 2. The first kappa shape index (κ1) is 16.9. The van der Waals surface area contributed by atoms with Crippen LogP contribution in [0.15, 0.2) is 0 Å². The molecule has 0 aromatic carbocycles. The number of rotatable bonds is 8. The molecule has 0 radical (unpaired) electrons. The molecule has 0 aromatic rings. The molecular formula is C13H26N2O3. The minimum atomic E-state index is -0.421. The molecule has 2 atom stereocenters. The normalized spacial score (nSPS) is 14.3. The maximum Gasteiger partial charge on any atom is 0.249 e. The van der Waals surface area contributed by atoms with Gasteiger partial charge in [0.15, 0.2) is 0 Å². The topological polar surface area (TPSA) is 72.6 Å². The molecule has 0 bridgehead atoms. The van der Waals surface area contributed by atoms with E-state index in [4.69, 9.17) is 10.6 Å². The van der Waals surface area contributed by atoms with Crippen molar-refractivity contribution in [3.8, 4) is 0 Å². The second kappa shape index (κ2) is 8.08. The lowest BCUT2D eigenvalue weighted by atomic mass is 9.81. The van der Waals surface area contributed by atoms with Crippen LogP contribution in [0.2, 0.25) is 0 Å². The van der Waals surface area contributed by atoms with Gasteiger partial charge in [0.25, 0.3) is 0 Å². The Morgan fingerprint density at radius 1 is 1.28 bits per heavy atom. The molecule has 0 aliphatic carbocycles. The van der Waals surface area contributed by atoms with Crippen molar-refractivity contribution in [3.05, 3.63) is 0 Å². The van der Waals surface area contributed by atoms with Gasteiger partial charge in [-0.3, -0.25) is 14.4 Å². The zero-order chi connectivity index (χ0) is 14.3. The van der Waals surface area contributed by atoms with Crippen molar-refractivity contribution in [1.29, 1.82) is 0 Å². The van der Waals surface area contributed by atoms with E-state index in [9.17, 15) is 9.59 Å². The zero-order valence-corrected chi connectivity index (χ0v) is 12.1. The van der Waals surface area contributed by atoms with Crippen LogP contribution < -0.4 is 5.73 Å². The van der Waals surface area contributed by atoms with E-state index in [0.29, 0.717) is 18.8 Å². The fourth-order valence-electron chi connectivity index (χ4n) is 2.12. The molecular weight excluding hydrogens is 232 g/mol. The SMILES string of the molecule is CCCC(C(=O)N(C)OC)C(CC(C)C)C(N)=O. The molecule has 0 aliphatic heterocycles. The molecule has 0 saturated heterocycles. The summed E-state index contributed by atoms with van der Waals surface area (Å²) in [6.07, 6.45) is 2.10. The minimum Gasteiger partial charge on any atom is -0.369 e. The van der Waals surface area contributed by atoms with Gasteiger partial charge in [0.2, 0.25) is 11.8 Å². The van der Waals surface area contributed by atoms with Crippen molar-refractivity contribution < 1.29 is 14.4 Å². The Labute approximate surface area is 110 Å². The van der Waals surface area contributed by atoms with Gasteiger partial charge in [0.1, 0.15) is 0 Å². The number of nitrogens with two attached hydrogens (primary N) is 1. The van der Waals surface area contributed by atoms with Gasteiger partial charge in [-0.1, -0.05) is 27.2 Å². The summed E-state index contributed by atoms with van der Waals surface area (Å²) in [5.41, 5.74) is 5.45. The first-order chi connectivity index (χ1) is 8.34. The standard InChI is InChI=1S/C13H26N2O3/c1-6-7-10(13(17)15(4)18-5)11(12(14)16)8-9(2)3/h9-11H,6-8H2,1-5H3,(H2,14,16). The van der Waals surface area contributed by atoms with E-state index in [1.165, 1.54) is 12.2 Å². The number of carbonyl (C=O) groups is 2. The molecule has 0 rings (SSSR count). The zero-order valence-electron chi connectivity index (χ0n) is 12.1. The molecule has 18 heavy (non-hydrogen) atoms. The Morgan fingerprint density at radius 2 is 1.83 bits per heavy atom. The van der Waals surface area contributed by atoms with Crippen LogP contribution in [0.4, 0.5) is 0 Å². The molecule has 0 aromatic heterocycles. The van der Waals surface area contributed by atoms with Gasteiger partial charge in [-0.05, 0) is 18.8 Å². The molecule has 0 saturated carbocycles. The van der Waals surface area contributed by atoms with E-state index in [-0.39, 0.29) is 11.8 Å². The summed E-state index contributed by atoms with van der Waals surface area (Å²) in [6.45, 7) is 6.02. The highest BCUT2D eigenvalue weighted by Gasteiger charge is 2.34. The maximum atomic E-state index is 12.2. The summed E-state index contributed by atoms with van der Waals surface area (Å²) >= 11 is 0. The van der Waals surface area contributed by atoms with Crippen molar-refractivity contribution in [2.45, 2.75) is 40.0 Å². The van der Waals surface area contributed by atoms with E-state index < -0.39 is 11.8 Å². The third kappa shape index (κ3) is 5.04. The molecule has 0 fully saturated rings. The van der Waals surface area contributed by atoms with Gasteiger partial charge in [-0.15, -0.1) is 0 Å². The summed E-state index contributed by atoms with van der Waals surface area (Å²) in [7, 11) is 2.99. The molecule has 106 valence electrons. The van der Waals surface area contributed by atoms with Crippen LogP contribution >= 0.6 is 0 Å². The quantitative estimate of drug-likeness (QED) is 0.672. The number of hydrogen-bond acceptors (Lipinski definition) is 3. The van der Waals surface area contributed by atoms with E-state index in [2.05, 4.69) is 0 Å². The summed E-state index contributed by atoms with van der Waals surface area (Å²) in [5.74, 6) is -1.07.